The van der Waals surface area contributed by atoms with Gasteiger partial charge < -0.3 is 19.6 Å². The third-order valence-corrected chi connectivity index (χ3v) is 11.1. The molecule has 2 amide bonds. The first kappa shape index (κ1) is 31.4. The van der Waals surface area contributed by atoms with Crippen LogP contribution in [0.4, 0.5) is 0 Å². The normalized spacial score (nSPS) is 29.2. The fraction of sp³-hybridized carbons (Fsp3) is 0.606. The Morgan fingerprint density at radius 1 is 1.22 bits per heavy atom. The zero-order chi connectivity index (χ0) is 29.9. The molecule has 41 heavy (non-hydrogen) atoms. The molecular formula is C33H46N2O5S. The molecule has 0 saturated carbocycles. The minimum Gasteiger partial charge on any atom is -0.465 e. The van der Waals surface area contributed by atoms with Crippen molar-refractivity contribution >= 4 is 29.5 Å². The number of allylic oxidation sites excluding steroid dienone is 1. The molecule has 3 fully saturated rings. The summed E-state index contributed by atoms with van der Waals surface area (Å²) < 4.78 is 4.97. The molecule has 1 aromatic carbocycles. The summed E-state index contributed by atoms with van der Waals surface area (Å²) in [5, 5.41) is 10.6. The summed E-state index contributed by atoms with van der Waals surface area (Å²) in [7, 11) is 0. The van der Waals surface area contributed by atoms with Gasteiger partial charge in [0.05, 0.1) is 35.8 Å². The van der Waals surface area contributed by atoms with Crippen molar-refractivity contribution in [3.8, 4) is 0 Å². The highest BCUT2D eigenvalue weighted by atomic mass is 32.2. The lowest BCUT2D eigenvalue weighted by Crippen LogP contribution is -2.62. The molecule has 0 aliphatic carbocycles. The number of fused-ring (bicyclic) bond motifs is 1. The second-order valence-corrected chi connectivity index (χ2v) is 14.2. The Morgan fingerprint density at radius 2 is 1.93 bits per heavy atom. The predicted molar refractivity (Wildman–Crippen MR) is 163 cm³/mol. The summed E-state index contributed by atoms with van der Waals surface area (Å²) in [5.74, 6) is -1.97. The van der Waals surface area contributed by atoms with E-state index in [9.17, 15) is 19.5 Å². The van der Waals surface area contributed by atoms with Gasteiger partial charge in [0.25, 0.3) is 0 Å². The standard InChI is InChI=1S/C33H46N2O5S/c1-7-9-10-14-18-40-31(39)26-25-19-22(3)33(41-25)27(26)29(37)35(24(21-36)20-23-15-12-11-13-16-23)28(33)30(38)34(17-8-2)32(4,5)6/h7-8,11-13,15-16,22,24-28,36H,1-2,9-10,14,17-21H2,3-6H3/t22?,24-,25+,26-,27+,28?,33?/m1/s1. The number of aliphatic hydroxyl groups is 1. The first-order valence-electron chi connectivity index (χ1n) is 14.9. The van der Waals surface area contributed by atoms with Gasteiger partial charge in [-0.05, 0) is 64.4 Å². The topological polar surface area (TPSA) is 87.2 Å². The van der Waals surface area contributed by atoms with Gasteiger partial charge in [-0.15, -0.1) is 24.9 Å². The molecular weight excluding hydrogens is 536 g/mol. The molecule has 8 heteroatoms. The minimum absolute atomic E-state index is 0.0312. The predicted octanol–water partition coefficient (Wildman–Crippen LogP) is 4.64. The SMILES string of the molecule is C=CCCCCOC(=O)[C@@H]1[C@@H]2CC(C)C3(S2)C(C(=O)N(CC=C)C(C)(C)C)N([C@@H](CO)Cc2ccccc2)C(=O)[C@H]13. The molecule has 3 unspecified atom stereocenters. The summed E-state index contributed by atoms with van der Waals surface area (Å²) in [5.41, 5.74) is 0.455. The van der Waals surface area contributed by atoms with Gasteiger partial charge in [-0.2, -0.15) is 0 Å². The van der Waals surface area contributed by atoms with Crippen molar-refractivity contribution in [2.24, 2.45) is 17.8 Å². The van der Waals surface area contributed by atoms with Gasteiger partial charge in [-0.25, -0.2) is 0 Å². The lowest BCUT2D eigenvalue weighted by molar-refractivity contribution is -0.155. The smallest absolute Gasteiger partial charge is 0.310 e. The molecule has 0 aromatic heterocycles. The van der Waals surface area contributed by atoms with Crippen LogP contribution in [0.3, 0.4) is 0 Å². The highest BCUT2D eigenvalue weighted by Gasteiger charge is 2.77. The molecule has 3 aliphatic rings. The van der Waals surface area contributed by atoms with Gasteiger partial charge in [0.1, 0.15) is 6.04 Å². The minimum atomic E-state index is -0.810. The maximum atomic E-state index is 14.7. The summed E-state index contributed by atoms with van der Waals surface area (Å²) in [6, 6.07) is 8.30. The summed E-state index contributed by atoms with van der Waals surface area (Å²) in [6.45, 7) is 16.0. The van der Waals surface area contributed by atoms with E-state index in [0.717, 1.165) is 31.2 Å². The second kappa shape index (κ2) is 12.7. The van der Waals surface area contributed by atoms with Crippen LogP contribution in [-0.2, 0) is 25.5 Å². The van der Waals surface area contributed by atoms with E-state index >= 15 is 0 Å². The van der Waals surface area contributed by atoms with E-state index < -0.39 is 34.2 Å². The number of nitrogens with zero attached hydrogens (tertiary/aromatic N) is 2. The lowest BCUT2D eigenvalue weighted by Gasteiger charge is -2.45. The molecule has 7 atom stereocenters. The molecule has 1 spiro atoms. The fourth-order valence-electron chi connectivity index (χ4n) is 7.17. The number of ether oxygens (including phenoxy) is 1. The summed E-state index contributed by atoms with van der Waals surface area (Å²) in [6.07, 6.45) is 7.19. The zero-order valence-electron chi connectivity index (χ0n) is 25.0. The molecule has 7 nitrogen and oxygen atoms in total. The van der Waals surface area contributed by atoms with E-state index in [4.69, 9.17) is 4.74 Å². The van der Waals surface area contributed by atoms with E-state index in [2.05, 4.69) is 20.1 Å². The third-order valence-electron chi connectivity index (χ3n) is 9.04. The van der Waals surface area contributed by atoms with E-state index in [1.165, 1.54) is 0 Å². The number of carbonyl (C=O) groups excluding carboxylic acids is 3. The number of rotatable bonds is 13. The zero-order valence-corrected chi connectivity index (χ0v) is 25.8. The van der Waals surface area contributed by atoms with Crippen LogP contribution in [0.5, 0.6) is 0 Å². The first-order valence-corrected chi connectivity index (χ1v) is 15.8. The van der Waals surface area contributed by atoms with E-state index in [1.54, 1.807) is 27.6 Å². The Balaban J connectivity index is 1.75. The number of unbranched alkanes of at least 4 members (excludes halogenated alkanes) is 2. The molecule has 0 radical (unpaired) electrons. The Hall–Kier alpha value is -2.58. The number of amides is 2. The van der Waals surface area contributed by atoms with Crippen LogP contribution in [0.1, 0.15) is 58.9 Å². The highest BCUT2D eigenvalue weighted by molar-refractivity contribution is 8.02. The fourth-order valence-corrected chi connectivity index (χ4v) is 9.56. The molecule has 1 aromatic rings. The largest absolute Gasteiger partial charge is 0.465 e. The van der Waals surface area contributed by atoms with Crippen molar-refractivity contribution in [2.75, 3.05) is 19.8 Å². The number of aliphatic hydroxyl groups excluding tert-OH is 1. The van der Waals surface area contributed by atoms with Gasteiger partial charge in [0.2, 0.25) is 11.8 Å². The van der Waals surface area contributed by atoms with Gasteiger partial charge in [-0.3, -0.25) is 14.4 Å². The highest BCUT2D eigenvalue weighted by Crippen LogP contribution is 2.69. The maximum absolute atomic E-state index is 14.7. The van der Waals surface area contributed by atoms with Crippen LogP contribution in [-0.4, -0.2) is 80.1 Å². The van der Waals surface area contributed by atoms with Crippen molar-refractivity contribution in [1.29, 1.82) is 0 Å². The Bertz CT molecular complexity index is 1130. The maximum Gasteiger partial charge on any atom is 0.310 e. The number of hydrogen-bond acceptors (Lipinski definition) is 6. The number of carbonyl (C=O) groups is 3. The second-order valence-electron chi connectivity index (χ2n) is 12.7. The van der Waals surface area contributed by atoms with Gasteiger partial charge >= 0.3 is 5.97 Å². The number of esters is 1. The Kier molecular flexibility index (Phi) is 9.74. The number of likely N-dealkylation sites (tertiary alicyclic amines) is 1. The molecule has 3 aliphatic heterocycles. The van der Waals surface area contributed by atoms with Crippen molar-refractivity contribution in [3.63, 3.8) is 0 Å². The van der Waals surface area contributed by atoms with Crippen LogP contribution in [0, 0.1) is 17.8 Å². The summed E-state index contributed by atoms with van der Waals surface area (Å²) in [4.78, 5) is 46.3. The van der Waals surface area contributed by atoms with Crippen LogP contribution in [0.2, 0.25) is 0 Å². The number of benzene rings is 1. The van der Waals surface area contributed by atoms with E-state index in [1.807, 2.05) is 57.2 Å². The number of hydrogen-bond donors (Lipinski definition) is 1. The average Bonchev–Trinajstić information content (AvgIpc) is 3.53. The van der Waals surface area contributed by atoms with E-state index in [-0.39, 0.29) is 35.6 Å². The first-order chi connectivity index (χ1) is 19.5. The Labute approximate surface area is 249 Å². The average molecular weight is 583 g/mol. The quantitative estimate of drug-likeness (QED) is 0.207. The van der Waals surface area contributed by atoms with Crippen molar-refractivity contribution in [3.05, 3.63) is 61.2 Å². The third kappa shape index (κ3) is 5.74. The summed E-state index contributed by atoms with van der Waals surface area (Å²) >= 11 is 1.63. The van der Waals surface area contributed by atoms with Gasteiger partial charge in [0, 0.05) is 17.3 Å². The molecule has 2 bridgehead atoms. The van der Waals surface area contributed by atoms with Gasteiger partial charge in [-0.1, -0.05) is 49.4 Å². The van der Waals surface area contributed by atoms with Gasteiger partial charge in [0.15, 0.2) is 0 Å². The lowest BCUT2D eigenvalue weighted by atomic mass is 9.66. The van der Waals surface area contributed by atoms with Crippen molar-refractivity contribution in [2.45, 2.75) is 87.4 Å². The van der Waals surface area contributed by atoms with Crippen molar-refractivity contribution in [1.82, 2.24) is 9.80 Å². The van der Waals surface area contributed by atoms with Crippen LogP contribution < -0.4 is 0 Å². The molecule has 3 heterocycles. The van der Waals surface area contributed by atoms with Crippen LogP contribution >= 0.6 is 11.8 Å². The number of thioether (sulfide) groups is 1. The van der Waals surface area contributed by atoms with E-state index in [0.29, 0.717) is 19.6 Å². The Morgan fingerprint density at radius 3 is 2.54 bits per heavy atom. The molecule has 3 saturated heterocycles. The van der Waals surface area contributed by atoms with Crippen LogP contribution in [0.15, 0.2) is 55.6 Å². The molecule has 224 valence electrons. The monoisotopic (exact) mass is 582 g/mol. The van der Waals surface area contributed by atoms with Crippen LogP contribution in [0.25, 0.3) is 0 Å². The van der Waals surface area contributed by atoms with Crippen molar-refractivity contribution < 1.29 is 24.2 Å². The molecule has 4 rings (SSSR count). The molecule has 1 N–H and O–H groups in total.